The monoisotopic (exact) mass is 690 g/mol. The molecule has 38 heavy (non-hydrogen) atoms. The van der Waals surface area contributed by atoms with Gasteiger partial charge in [-0.15, -0.1) is 0 Å². The van der Waals surface area contributed by atoms with Crippen molar-refractivity contribution in [3.63, 3.8) is 0 Å². The zero-order valence-corrected chi connectivity index (χ0v) is 26.0. The van der Waals surface area contributed by atoms with E-state index >= 15 is 0 Å². The summed E-state index contributed by atoms with van der Waals surface area (Å²) in [7, 11) is 2.00. The van der Waals surface area contributed by atoms with Gasteiger partial charge in [0.1, 0.15) is 23.3 Å². The van der Waals surface area contributed by atoms with Crippen molar-refractivity contribution in [3.8, 4) is 0 Å². The van der Waals surface area contributed by atoms with Gasteiger partial charge in [0, 0.05) is 74.4 Å². The summed E-state index contributed by atoms with van der Waals surface area (Å²) in [6, 6.07) is 16.6. The summed E-state index contributed by atoms with van der Waals surface area (Å²) in [6.07, 6.45) is -2.07. The molecule has 2 heterocycles. The first-order chi connectivity index (χ1) is 18.3. The highest BCUT2D eigenvalue weighted by atomic mass is 79.9. The lowest BCUT2D eigenvalue weighted by Gasteiger charge is -2.39. The third-order valence-corrected chi connectivity index (χ3v) is 10.5. The van der Waals surface area contributed by atoms with E-state index in [1.54, 1.807) is 0 Å². The number of rotatable bonds is 11. The molecule has 2 aromatic carbocycles. The van der Waals surface area contributed by atoms with Gasteiger partial charge in [0.2, 0.25) is 0 Å². The fourth-order valence-corrected chi connectivity index (χ4v) is 7.22. The van der Waals surface area contributed by atoms with E-state index in [-0.39, 0.29) is 0 Å². The Hall–Kier alpha value is -0.220. The molecule has 0 aromatic heterocycles. The van der Waals surface area contributed by atoms with Crippen molar-refractivity contribution in [2.75, 3.05) is 52.4 Å². The minimum absolute atomic E-state index is 0.649. The van der Waals surface area contributed by atoms with Crippen molar-refractivity contribution < 1.29 is 20.4 Å². The van der Waals surface area contributed by atoms with Gasteiger partial charge in [0.15, 0.2) is 0 Å². The van der Waals surface area contributed by atoms with E-state index in [0.29, 0.717) is 26.2 Å². The third kappa shape index (κ3) is 9.15. The predicted molar refractivity (Wildman–Crippen MR) is 161 cm³/mol. The highest BCUT2D eigenvalue weighted by molar-refractivity contribution is 9.10. The zero-order chi connectivity index (χ0) is 27.1. The second kappa shape index (κ2) is 15.1. The summed E-state index contributed by atoms with van der Waals surface area (Å²) in [6.45, 7) is 7.50. The standard InChI is InChI=1S/C26H36Br2N4O4S2/c27-21-5-1-19(2-6-21)17-29-9-13-31(14-10-29)23(33)25(35)37-38-26(36)24(34)32-15-11-30(12-16-32)18-20-3-7-22(28)8-4-20/h1-8,23-26,33-36H,9-18H2. The average Bonchev–Trinajstić information content (AvgIpc) is 2.94. The van der Waals surface area contributed by atoms with E-state index < -0.39 is 23.3 Å². The Morgan fingerprint density at radius 3 is 1.18 bits per heavy atom. The predicted octanol–water partition coefficient (Wildman–Crippen LogP) is 2.80. The fourth-order valence-electron chi connectivity index (χ4n) is 4.64. The van der Waals surface area contributed by atoms with Crippen LogP contribution in [0, 0.1) is 0 Å². The molecule has 4 N–H and O–H groups in total. The summed E-state index contributed by atoms with van der Waals surface area (Å²) in [5, 5.41) is 42.4. The molecule has 2 aromatic rings. The first kappa shape index (κ1) is 30.7. The number of aliphatic hydroxyl groups is 4. The molecule has 4 atom stereocenters. The van der Waals surface area contributed by atoms with Crippen LogP contribution < -0.4 is 0 Å². The van der Waals surface area contributed by atoms with Crippen molar-refractivity contribution in [3.05, 3.63) is 68.6 Å². The average molecular weight is 693 g/mol. The number of nitrogens with zero attached hydrogens (tertiary/aromatic N) is 4. The minimum Gasteiger partial charge on any atom is -0.377 e. The van der Waals surface area contributed by atoms with Crippen LogP contribution in [0.5, 0.6) is 0 Å². The maximum absolute atomic E-state index is 10.7. The van der Waals surface area contributed by atoms with Crippen molar-refractivity contribution in [2.45, 2.75) is 36.4 Å². The Morgan fingerprint density at radius 2 is 0.868 bits per heavy atom. The third-order valence-electron chi connectivity index (χ3n) is 6.96. The van der Waals surface area contributed by atoms with Gasteiger partial charge in [-0.05, 0) is 35.4 Å². The van der Waals surface area contributed by atoms with E-state index in [1.807, 2.05) is 34.1 Å². The lowest BCUT2D eigenvalue weighted by molar-refractivity contribution is -0.0688. The molecular weight excluding hydrogens is 656 g/mol. The Morgan fingerprint density at radius 1 is 0.553 bits per heavy atom. The van der Waals surface area contributed by atoms with E-state index in [1.165, 1.54) is 11.1 Å². The molecule has 8 nitrogen and oxygen atoms in total. The summed E-state index contributed by atoms with van der Waals surface area (Å²) >= 11 is 6.92. The van der Waals surface area contributed by atoms with Gasteiger partial charge in [-0.25, -0.2) is 0 Å². The fraction of sp³-hybridized carbons (Fsp3) is 0.538. The normalized spacial score (nSPS) is 21.7. The SMILES string of the molecule is OC(SSC(O)C(O)N1CCN(Cc2ccc(Br)cc2)CC1)C(O)N1CCN(Cc2ccc(Br)cc2)CC1. The second-order valence-corrected chi connectivity index (χ2v) is 14.0. The number of piperazine rings is 2. The van der Waals surface area contributed by atoms with Crippen molar-refractivity contribution >= 4 is 53.4 Å². The maximum atomic E-state index is 10.7. The molecular formula is C26H36Br2N4O4S2. The summed E-state index contributed by atoms with van der Waals surface area (Å²) in [4.78, 5) is 8.40. The second-order valence-electron chi connectivity index (χ2n) is 9.68. The molecule has 0 aliphatic carbocycles. The largest absolute Gasteiger partial charge is 0.377 e. The van der Waals surface area contributed by atoms with Crippen molar-refractivity contribution in [2.24, 2.45) is 0 Å². The number of aliphatic hydroxyl groups excluding tert-OH is 4. The van der Waals surface area contributed by atoms with E-state index in [9.17, 15) is 20.4 Å². The maximum Gasteiger partial charge on any atom is 0.149 e. The van der Waals surface area contributed by atoms with Gasteiger partial charge < -0.3 is 20.4 Å². The molecule has 4 rings (SSSR count). The van der Waals surface area contributed by atoms with Crippen LogP contribution in [-0.4, -0.2) is 116 Å². The van der Waals surface area contributed by atoms with E-state index in [2.05, 4.69) is 65.9 Å². The van der Waals surface area contributed by atoms with Gasteiger partial charge in [0.25, 0.3) is 0 Å². The molecule has 210 valence electrons. The Bertz CT molecular complexity index is 899. The number of hydrogen-bond donors (Lipinski definition) is 4. The van der Waals surface area contributed by atoms with E-state index in [0.717, 1.165) is 69.8 Å². The van der Waals surface area contributed by atoms with Crippen LogP contribution in [-0.2, 0) is 13.1 Å². The lowest BCUT2D eigenvalue weighted by atomic mass is 10.2. The van der Waals surface area contributed by atoms with Crippen LogP contribution in [0.25, 0.3) is 0 Å². The van der Waals surface area contributed by atoms with E-state index in [4.69, 9.17) is 0 Å². The Balaban J connectivity index is 1.13. The molecule has 2 saturated heterocycles. The smallest absolute Gasteiger partial charge is 0.149 e. The Labute approximate surface area is 249 Å². The van der Waals surface area contributed by atoms with Gasteiger partial charge in [-0.3, -0.25) is 19.6 Å². The van der Waals surface area contributed by atoms with Crippen molar-refractivity contribution in [1.82, 2.24) is 19.6 Å². The topological polar surface area (TPSA) is 93.9 Å². The summed E-state index contributed by atoms with van der Waals surface area (Å²) in [5.74, 6) is 0. The zero-order valence-electron chi connectivity index (χ0n) is 21.1. The molecule has 12 heteroatoms. The summed E-state index contributed by atoms with van der Waals surface area (Å²) in [5.41, 5.74) is 0.297. The molecule has 4 unspecified atom stereocenters. The molecule has 0 amide bonds. The van der Waals surface area contributed by atoms with Crippen LogP contribution >= 0.6 is 53.4 Å². The minimum atomic E-state index is -1.09. The van der Waals surface area contributed by atoms with Gasteiger partial charge >= 0.3 is 0 Å². The molecule has 0 spiro atoms. The number of halogens is 2. The van der Waals surface area contributed by atoms with Crippen LogP contribution in [0.2, 0.25) is 0 Å². The molecule has 0 saturated carbocycles. The molecule has 2 aliphatic heterocycles. The first-order valence-electron chi connectivity index (χ1n) is 12.7. The highest BCUT2D eigenvalue weighted by Crippen LogP contribution is 2.33. The highest BCUT2D eigenvalue weighted by Gasteiger charge is 2.32. The number of benzene rings is 2. The van der Waals surface area contributed by atoms with Gasteiger partial charge in [-0.1, -0.05) is 77.7 Å². The van der Waals surface area contributed by atoms with Crippen LogP contribution in [0.4, 0.5) is 0 Å². The van der Waals surface area contributed by atoms with Crippen LogP contribution in [0.1, 0.15) is 11.1 Å². The van der Waals surface area contributed by atoms with Crippen LogP contribution in [0.15, 0.2) is 57.5 Å². The lowest BCUT2D eigenvalue weighted by Crippen LogP contribution is -2.53. The van der Waals surface area contributed by atoms with Crippen molar-refractivity contribution in [1.29, 1.82) is 0 Å². The Kier molecular flexibility index (Phi) is 12.2. The number of hydrogen-bond acceptors (Lipinski definition) is 10. The molecule has 0 bridgehead atoms. The molecule has 0 radical (unpaired) electrons. The summed E-state index contributed by atoms with van der Waals surface area (Å²) < 4.78 is 2.12. The first-order valence-corrected chi connectivity index (χ1v) is 16.6. The molecule has 2 aliphatic rings. The quantitative estimate of drug-likeness (QED) is 0.208. The van der Waals surface area contributed by atoms with Gasteiger partial charge in [-0.2, -0.15) is 0 Å². The van der Waals surface area contributed by atoms with Gasteiger partial charge in [0.05, 0.1) is 0 Å². The molecule has 2 fully saturated rings. The van der Waals surface area contributed by atoms with Crippen LogP contribution in [0.3, 0.4) is 0 Å².